The Kier molecular flexibility index (Phi) is 8.14. The Morgan fingerprint density at radius 2 is 1.18 bits per heavy atom. The summed E-state index contributed by atoms with van der Waals surface area (Å²) < 4.78 is 5.67. The number of fused-ring (bicyclic) bond motifs is 3. The minimum atomic E-state index is -0.268. The van der Waals surface area contributed by atoms with E-state index in [4.69, 9.17) is 4.74 Å². The minimum Gasteiger partial charge on any atom is -0.465 e. The summed E-state index contributed by atoms with van der Waals surface area (Å²) >= 11 is 0. The average molecular weight is 379 g/mol. The van der Waals surface area contributed by atoms with Crippen LogP contribution in [-0.2, 0) is 9.53 Å². The van der Waals surface area contributed by atoms with Gasteiger partial charge < -0.3 is 4.74 Å². The van der Waals surface area contributed by atoms with E-state index in [0.29, 0.717) is 6.61 Å². The summed E-state index contributed by atoms with van der Waals surface area (Å²) in [4.78, 5) is 12.8. The number of carbonyl (C=O) groups is 1. The summed E-state index contributed by atoms with van der Waals surface area (Å²) in [6, 6.07) is 16.4. The summed E-state index contributed by atoms with van der Waals surface area (Å²) in [7, 11) is 0. The maximum Gasteiger partial charge on any atom is 0.317 e. The third-order valence-corrected chi connectivity index (χ3v) is 5.81. The lowest BCUT2D eigenvalue weighted by Crippen LogP contribution is -2.16. The predicted octanol–water partition coefficient (Wildman–Crippen LogP) is 7.26. The van der Waals surface area contributed by atoms with Crippen LogP contribution in [0.15, 0.2) is 48.5 Å². The number of benzene rings is 2. The fourth-order valence-corrected chi connectivity index (χ4v) is 4.26. The number of rotatable bonds is 12. The molecule has 0 amide bonds. The Morgan fingerprint density at radius 1 is 0.714 bits per heavy atom. The predicted molar refractivity (Wildman–Crippen MR) is 117 cm³/mol. The van der Waals surface area contributed by atoms with E-state index >= 15 is 0 Å². The standard InChI is InChI=1S/C26H34O2/c1-2-3-4-5-6-7-8-9-10-15-20-28-26(27)25-23-18-13-11-16-21(23)22-17-12-14-19-24(22)25/h11-14,16-19,25H,2-10,15,20H2,1H3. The molecule has 0 unspecified atom stereocenters. The van der Waals surface area contributed by atoms with Crippen LogP contribution in [0.1, 0.15) is 88.2 Å². The maximum absolute atomic E-state index is 12.8. The molecule has 2 nitrogen and oxygen atoms in total. The Labute approximate surface area is 170 Å². The summed E-state index contributed by atoms with van der Waals surface area (Å²) in [5, 5.41) is 0. The van der Waals surface area contributed by atoms with Gasteiger partial charge in [-0.05, 0) is 28.7 Å². The van der Waals surface area contributed by atoms with E-state index in [2.05, 4.69) is 31.2 Å². The molecule has 0 aromatic heterocycles. The number of carbonyl (C=O) groups excluding carboxylic acids is 1. The first-order chi connectivity index (χ1) is 13.8. The lowest BCUT2D eigenvalue weighted by molar-refractivity contribution is -0.144. The number of unbranched alkanes of at least 4 members (excludes halogenated alkanes) is 9. The second kappa shape index (κ2) is 11.0. The molecule has 0 aliphatic heterocycles. The van der Waals surface area contributed by atoms with Crippen LogP contribution in [0.3, 0.4) is 0 Å². The van der Waals surface area contributed by atoms with Crippen molar-refractivity contribution in [1.82, 2.24) is 0 Å². The van der Waals surface area contributed by atoms with Crippen molar-refractivity contribution in [2.45, 2.75) is 77.0 Å². The van der Waals surface area contributed by atoms with E-state index in [1.807, 2.05) is 24.3 Å². The normalized spacial score (nSPS) is 12.6. The van der Waals surface area contributed by atoms with E-state index < -0.39 is 0 Å². The lowest BCUT2D eigenvalue weighted by Gasteiger charge is -2.13. The van der Waals surface area contributed by atoms with Crippen LogP contribution in [0.25, 0.3) is 11.1 Å². The number of hydrogen-bond acceptors (Lipinski definition) is 2. The van der Waals surface area contributed by atoms with Gasteiger partial charge in [-0.2, -0.15) is 0 Å². The van der Waals surface area contributed by atoms with Gasteiger partial charge in [0.1, 0.15) is 5.92 Å². The van der Waals surface area contributed by atoms with Gasteiger partial charge in [-0.1, -0.05) is 113 Å². The van der Waals surface area contributed by atoms with E-state index in [1.54, 1.807) is 0 Å². The molecule has 0 atom stereocenters. The molecule has 1 aliphatic carbocycles. The molecule has 2 aromatic carbocycles. The highest BCUT2D eigenvalue weighted by atomic mass is 16.5. The molecule has 28 heavy (non-hydrogen) atoms. The zero-order valence-corrected chi connectivity index (χ0v) is 17.3. The van der Waals surface area contributed by atoms with Crippen LogP contribution in [0.5, 0.6) is 0 Å². The van der Waals surface area contributed by atoms with E-state index in [-0.39, 0.29) is 11.9 Å². The van der Waals surface area contributed by atoms with Crippen LogP contribution in [0.2, 0.25) is 0 Å². The smallest absolute Gasteiger partial charge is 0.317 e. The summed E-state index contributed by atoms with van der Waals surface area (Å²) in [5.74, 6) is -0.371. The minimum absolute atomic E-state index is 0.103. The fraction of sp³-hybridized carbons (Fsp3) is 0.500. The van der Waals surface area contributed by atoms with Crippen molar-refractivity contribution in [2.75, 3.05) is 6.61 Å². The quantitative estimate of drug-likeness (QED) is 0.287. The molecule has 2 heteroatoms. The van der Waals surface area contributed by atoms with Gasteiger partial charge in [0.2, 0.25) is 0 Å². The molecule has 0 radical (unpaired) electrons. The first-order valence-corrected chi connectivity index (χ1v) is 11.2. The summed E-state index contributed by atoms with van der Waals surface area (Å²) in [5.41, 5.74) is 4.49. The van der Waals surface area contributed by atoms with Crippen molar-refractivity contribution in [3.63, 3.8) is 0 Å². The van der Waals surface area contributed by atoms with Gasteiger partial charge >= 0.3 is 5.97 Å². The van der Waals surface area contributed by atoms with Crippen LogP contribution in [-0.4, -0.2) is 12.6 Å². The van der Waals surface area contributed by atoms with Crippen molar-refractivity contribution in [1.29, 1.82) is 0 Å². The fourth-order valence-electron chi connectivity index (χ4n) is 4.26. The monoisotopic (exact) mass is 378 g/mol. The molecule has 2 aromatic rings. The van der Waals surface area contributed by atoms with Gasteiger partial charge in [-0.3, -0.25) is 4.79 Å². The van der Waals surface area contributed by atoms with E-state index in [9.17, 15) is 4.79 Å². The molecule has 0 N–H and O–H groups in total. The molecule has 0 saturated carbocycles. The summed E-state index contributed by atoms with van der Waals surface area (Å²) in [6.45, 7) is 2.80. The van der Waals surface area contributed by atoms with Crippen LogP contribution in [0.4, 0.5) is 0 Å². The molecule has 1 aliphatic rings. The van der Waals surface area contributed by atoms with Crippen molar-refractivity contribution in [3.05, 3.63) is 59.7 Å². The third-order valence-electron chi connectivity index (χ3n) is 5.81. The highest BCUT2D eigenvalue weighted by Crippen LogP contribution is 2.44. The van der Waals surface area contributed by atoms with Gasteiger partial charge in [0, 0.05) is 0 Å². The molecule has 0 saturated heterocycles. The zero-order valence-electron chi connectivity index (χ0n) is 17.3. The molecular formula is C26H34O2. The molecule has 0 fully saturated rings. The van der Waals surface area contributed by atoms with Crippen LogP contribution < -0.4 is 0 Å². The van der Waals surface area contributed by atoms with Gasteiger partial charge in [-0.15, -0.1) is 0 Å². The second-order valence-corrected chi connectivity index (χ2v) is 7.96. The maximum atomic E-state index is 12.8. The Hall–Kier alpha value is -2.09. The largest absolute Gasteiger partial charge is 0.465 e. The van der Waals surface area contributed by atoms with Crippen molar-refractivity contribution in [2.24, 2.45) is 0 Å². The third kappa shape index (κ3) is 5.25. The van der Waals surface area contributed by atoms with E-state index in [1.165, 1.54) is 62.5 Å². The van der Waals surface area contributed by atoms with Gasteiger partial charge in [0.15, 0.2) is 0 Å². The van der Waals surface area contributed by atoms with Crippen molar-refractivity contribution in [3.8, 4) is 11.1 Å². The highest BCUT2D eigenvalue weighted by Gasteiger charge is 2.34. The number of hydrogen-bond donors (Lipinski definition) is 0. The molecule has 0 heterocycles. The Balaban J connectivity index is 1.38. The van der Waals surface area contributed by atoms with Crippen LogP contribution in [0, 0.1) is 0 Å². The first kappa shape index (κ1) is 20.6. The van der Waals surface area contributed by atoms with Gasteiger partial charge in [0.25, 0.3) is 0 Å². The Bertz CT molecular complexity index is 704. The van der Waals surface area contributed by atoms with Crippen molar-refractivity contribution >= 4 is 5.97 Å². The lowest BCUT2D eigenvalue weighted by atomic mass is 9.97. The zero-order chi connectivity index (χ0) is 19.6. The van der Waals surface area contributed by atoms with Gasteiger partial charge in [-0.25, -0.2) is 0 Å². The van der Waals surface area contributed by atoms with Gasteiger partial charge in [0.05, 0.1) is 6.61 Å². The average Bonchev–Trinajstić information content (AvgIpc) is 3.06. The molecular weight excluding hydrogens is 344 g/mol. The molecule has 3 rings (SSSR count). The molecule has 0 spiro atoms. The van der Waals surface area contributed by atoms with Crippen molar-refractivity contribution < 1.29 is 9.53 Å². The molecule has 0 bridgehead atoms. The summed E-state index contributed by atoms with van der Waals surface area (Å²) in [6.07, 6.45) is 12.9. The topological polar surface area (TPSA) is 26.3 Å². The highest BCUT2D eigenvalue weighted by molar-refractivity contribution is 5.93. The number of esters is 1. The second-order valence-electron chi connectivity index (χ2n) is 7.96. The number of ether oxygens (including phenoxy) is 1. The SMILES string of the molecule is CCCCCCCCCCCCOC(=O)C1c2ccccc2-c2ccccc21. The Morgan fingerprint density at radius 3 is 1.71 bits per heavy atom. The van der Waals surface area contributed by atoms with Crippen LogP contribution >= 0.6 is 0 Å². The van der Waals surface area contributed by atoms with E-state index in [0.717, 1.165) is 24.0 Å². The molecule has 150 valence electrons. The first-order valence-electron chi connectivity index (χ1n) is 11.2.